The van der Waals surface area contributed by atoms with E-state index in [-0.39, 0.29) is 0 Å². The Morgan fingerprint density at radius 2 is 1.59 bits per heavy atom. The molecule has 0 aliphatic carbocycles. The van der Waals surface area contributed by atoms with Gasteiger partial charge >= 0.3 is 0 Å². The molecule has 162 valence electrons. The van der Waals surface area contributed by atoms with E-state index in [0.717, 1.165) is 50.5 Å². The van der Waals surface area contributed by atoms with Crippen molar-refractivity contribution in [2.24, 2.45) is 5.10 Å². The van der Waals surface area contributed by atoms with E-state index in [2.05, 4.69) is 65.7 Å². The van der Waals surface area contributed by atoms with E-state index in [1.165, 1.54) is 5.69 Å². The highest BCUT2D eigenvalue weighted by atomic mass is 35.5. The lowest BCUT2D eigenvalue weighted by molar-refractivity contribution is 0.866. The predicted octanol–water partition coefficient (Wildman–Crippen LogP) is 7.42. The van der Waals surface area contributed by atoms with Crippen LogP contribution in [0.25, 0.3) is 21.7 Å². The van der Waals surface area contributed by atoms with Crippen LogP contribution in [-0.4, -0.2) is 24.3 Å². The second-order valence-corrected chi connectivity index (χ2v) is 8.64. The standard InChI is InChI=1S/C26H25ClN4S/c1-3-31(4-2)23-16-10-19(11-17-23)18-28-30-26-29-24(20-8-6-5-7-9-20)25(32-26)21-12-14-22(27)15-13-21/h5-18H,3-4H2,1-2H3,(H,29,30). The largest absolute Gasteiger partial charge is 0.372 e. The SMILES string of the molecule is CCN(CC)c1ccc(C=NNc2nc(-c3ccccc3)c(-c3ccc(Cl)cc3)s2)cc1. The first kappa shape index (κ1) is 22.1. The second kappa shape index (κ2) is 10.4. The molecule has 0 aliphatic heterocycles. The average Bonchev–Trinajstić information content (AvgIpc) is 3.26. The van der Waals surface area contributed by atoms with E-state index in [1.54, 1.807) is 11.3 Å². The quantitative estimate of drug-likeness (QED) is 0.219. The minimum Gasteiger partial charge on any atom is -0.372 e. The summed E-state index contributed by atoms with van der Waals surface area (Å²) >= 11 is 7.66. The number of nitrogens with one attached hydrogen (secondary N) is 1. The van der Waals surface area contributed by atoms with E-state index in [4.69, 9.17) is 16.6 Å². The van der Waals surface area contributed by atoms with Gasteiger partial charge in [0.15, 0.2) is 0 Å². The molecule has 0 spiro atoms. The molecule has 0 fully saturated rings. The van der Waals surface area contributed by atoms with Crippen molar-refractivity contribution in [2.75, 3.05) is 23.4 Å². The third kappa shape index (κ3) is 5.18. The molecule has 0 atom stereocenters. The van der Waals surface area contributed by atoms with Crippen molar-refractivity contribution >= 4 is 40.0 Å². The maximum absolute atomic E-state index is 6.09. The van der Waals surface area contributed by atoms with Crippen LogP contribution in [0.3, 0.4) is 0 Å². The summed E-state index contributed by atoms with van der Waals surface area (Å²) in [7, 11) is 0. The number of hydrazone groups is 1. The predicted molar refractivity (Wildman–Crippen MR) is 139 cm³/mol. The van der Waals surface area contributed by atoms with Crippen LogP contribution >= 0.6 is 22.9 Å². The van der Waals surface area contributed by atoms with Gasteiger partial charge in [-0.1, -0.05) is 77.5 Å². The van der Waals surface area contributed by atoms with E-state index >= 15 is 0 Å². The Morgan fingerprint density at radius 3 is 2.25 bits per heavy atom. The highest BCUT2D eigenvalue weighted by molar-refractivity contribution is 7.19. The fourth-order valence-electron chi connectivity index (χ4n) is 3.48. The van der Waals surface area contributed by atoms with Crippen molar-refractivity contribution in [3.63, 3.8) is 0 Å². The zero-order valence-electron chi connectivity index (χ0n) is 18.1. The van der Waals surface area contributed by atoms with Crippen molar-refractivity contribution in [1.82, 2.24) is 4.98 Å². The summed E-state index contributed by atoms with van der Waals surface area (Å²) in [5.74, 6) is 0. The number of anilines is 2. The van der Waals surface area contributed by atoms with Gasteiger partial charge in [-0.25, -0.2) is 4.98 Å². The number of hydrogen-bond acceptors (Lipinski definition) is 5. The summed E-state index contributed by atoms with van der Waals surface area (Å²) in [6, 6.07) is 26.4. The molecular formula is C26H25ClN4S. The Balaban J connectivity index is 1.56. The number of thiazole rings is 1. The summed E-state index contributed by atoms with van der Waals surface area (Å²) in [6.45, 7) is 6.32. The molecule has 32 heavy (non-hydrogen) atoms. The van der Waals surface area contributed by atoms with E-state index in [9.17, 15) is 0 Å². The van der Waals surface area contributed by atoms with Crippen molar-refractivity contribution in [3.8, 4) is 21.7 Å². The molecule has 1 aromatic heterocycles. The van der Waals surface area contributed by atoms with Crippen LogP contribution < -0.4 is 10.3 Å². The van der Waals surface area contributed by atoms with Crippen molar-refractivity contribution in [1.29, 1.82) is 0 Å². The van der Waals surface area contributed by atoms with Gasteiger partial charge in [0, 0.05) is 29.4 Å². The first-order chi connectivity index (χ1) is 15.7. The molecule has 0 saturated carbocycles. The summed E-state index contributed by atoms with van der Waals surface area (Å²) in [5, 5.41) is 5.88. The first-order valence-electron chi connectivity index (χ1n) is 10.6. The zero-order valence-corrected chi connectivity index (χ0v) is 19.7. The number of rotatable bonds is 8. The summed E-state index contributed by atoms with van der Waals surface area (Å²) in [5.41, 5.74) is 8.44. The van der Waals surface area contributed by atoms with Gasteiger partial charge in [0.25, 0.3) is 0 Å². The molecule has 6 heteroatoms. The third-order valence-electron chi connectivity index (χ3n) is 5.18. The molecule has 0 aliphatic rings. The lowest BCUT2D eigenvalue weighted by atomic mass is 10.1. The first-order valence-corrected chi connectivity index (χ1v) is 11.8. The Labute approximate surface area is 198 Å². The number of halogens is 1. The molecule has 4 aromatic rings. The molecular weight excluding hydrogens is 436 g/mol. The van der Waals surface area contributed by atoms with Gasteiger partial charge in [0.2, 0.25) is 5.13 Å². The Morgan fingerprint density at radius 1 is 0.906 bits per heavy atom. The highest BCUT2D eigenvalue weighted by Gasteiger charge is 2.14. The van der Waals surface area contributed by atoms with Gasteiger partial charge in [0.1, 0.15) is 0 Å². The minimum absolute atomic E-state index is 0.717. The monoisotopic (exact) mass is 460 g/mol. The Bertz CT molecular complexity index is 1160. The molecule has 0 radical (unpaired) electrons. The van der Waals surface area contributed by atoms with Gasteiger partial charge < -0.3 is 4.90 Å². The van der Waals surface area contributed by atoms with Gasteiger partial charge in [0.05, 0.1) is 16.8 Å². The smallest absolute Gasteiger partial charge is 0.204 e. The molecule has 0 unspecified atom stereocenters. The van der Waals surface area contributed by atoms with E-state index in [1.807, 2.05) is 48.7 Å². The van der Waals surface area contributed by atoms with E-state index < -0.39 is 0 Å². The Hall–Kier alpha value is -3.15. The Kier molecular flexibility index (Phi) is 7.20. The van der Waals surface area contributed by atoms with Crippen LogP contribution in [0.2, 0.25) is 5.02 Å². The summed E-state index contributed by atoms with van der Waals surface area (Å²) in [4.78, 5) is 8.22. The maximum atomic E-state index is 6.09. The molecule has 0 saturated heterocycles. The van der Waals surface area contributed by atoms with Crippen LogP contribution in [0, 0.1) is 0 Å². The molecule has 4 nitrogen and oxygen atoms in total. The number of benzene rings is 3. The van der Waals surface area contributed by atoms with Gasteiger partial charge in [-0.15, -0.1) is 0 Å². The summed E-state index contributed by atoms with van der Waals surface area (Å²) in [6.07, 6.45) is 1.82. The molecule has 4 rings (SSSR count). The van der Waals surface area contributed by atoms with Crippen LogP contribution in [-0.2, 0) is 0 Å². The van der Waals surface area contributed by atoms with Crippen LogP contribution in [0.15, 0.2) is 84.0 Å². The van der Waals surface area contributed by atoms with Crippen molar-refractivity contribution < 1.29 is 0 Å². The number of aromatic nitrogens is 1. The topological polar surface area (TPSA) is 40.5 Å². The van der Waals surface area contributed by atoms with Crippen molar-refractivity contribution in [2.45, 2.75) is 13.8 Å². The lowest BCUT2D eigenvalue weighted by Gasteiger charge is -2.20. The normalized spacial score (nSPS) is 11.1. The zero-order chi connectivity index (χ0) is 22.3. The number of hydrogen-bond donors (Lipinski definition) is 1. The third-order valence-corrected chi connectivity index (χ3v) is 6.44. The second-order valence-electron chi connectivity index (χ2n) is 7.20. The van der Waals surface area contributed by atoms with Gasteiger partial charge in [-0.2, -0.15) is 5.10 Å². The fourth-order valence-corrected chi connectivity index (χ4v) is 4.55. The lowest BCUT2D eigenvalue weighted by Crippen LogP contribution is -2.21. The minimum atomic E-state index is 0.717. The average molecular weight is 461 g/mol. The van der Waals surface area contributed by atoms with Crippen LogP contribution in [0.4, 0.5) is 10.8 Å². The molecule has 3 aromatic carbocycles. The molecule has 0 amide bonds. The van der Waals surface area contributed by atoms with Crippen molar-refractivity contribution in [3.05, 3.63) is 89.4 Å². The summed E-state index contributed by atoms with van der Waals surface area (Å²) < 4.78 is 0. The molecule has 1 heterocycles. The van der Waals surface area contributed by atoms with Crippen LogP contribution in [0.1, 0.15) is 19.4 Å². The van der Waals surface area contributed by atoms with E-state index in [0.29, 0.717) is 0 Å². The highest BCUT2D eigenvalue weighted by Crippen LogP contribution is 2.39. The number of nitrogens with zero attached hydrogens (tertiary/aromatic N) is 3. The molecule has 1 N–H and O–H groups in total. The fraction of sp³-hybridized carbons (Fsp3) is 0.154. The van der Waals surface area contributed by atoms with Gasteiger partial charge in [-0.3, -0.25) is 5.43 Å². The maximum Gasteiger partial charge on any atom is 0.204 e. The van der Waals surface area contributed by atoms with Gasteiger partial charge in [-0.05, 0) is 49.2 Å². The molecule has 0 bridgehead atoms. The van der Waals surface area contributed by atoms with Crippen LogP contribution in [0.5, 0.6) is 0 Å².